The third kappa shape index (κ3) is 4.19. The van der Waals surface area contributed by atoms with Gasteiger partial charge in [-0.2, -0.15) is 13.2 Å². The first-order chi connectivity index (χ1) is 15.0. The molecule has 1 N–H and O–H groups in total. The Balaban J connectivity index is 1.80. The molecule has 4 rings (SSSR count). The number of benzene rings is 2. The van der Waals surface area contributed by atoms with Gasteiger partial charge in [-0.25, -0.2) is 13.4 Å². The van der Waals surface area contributed by atoms with E-state index in [0.29, 0.717) is 27.2 Å². The molecular weight excluding hydrogens is 465 g/mol. The molecule has 1 fully saturated rings. The van der Waals surface area contributed by atoms with Crippen LogP contribution in [0.1, 0.15) is 23.2 Å². The molecule has 0 bridgehead atoms. The van der Waals surface area contributed by atoms with E-state index in [1.807, 2.05) is 0 Å². The molecule has 1 aromatic heterocycles. The fraction of sp³-hybridized carbons (Fsp3) is 0.273. The molecular formula is C22H18ClF3N2O3S. The molecule has 2 aromatic carbocycles. The van der Waals surface area contributed by atoms with Crippen LogP contribution in [0.4, 0.5) is 13.2 Å². The van der Waals surface area contributed by atoms with Gasteiger partial charge in [-0.1, -0.05) is 48.0 Å². The summed E-state index contributed by atoms with van der Waals surface area (Å²) in [5.41, 5.74) is -1.33. The molecule has 0 saturated carbocycles. The number of pyridine rings is 1. The van der Waals surface area contributed by atoms with E-state index in [4.69, 9.17) is 11.6 Å². The third-order valence-electron chi connectivity index (χ3n) is 5.69. The second-order valence-corrected chi connectivity index (χ2v) is 10.4. The fourth-order valence-electron chi connectivity index (χ4n) is 3.82. The van der Waals surface area contributed by atoms with Crippen LogP contribution in [0.15, 0.2) is 54.6 Å². The van der Waals surface area contributed by atoms with Gasteiger partial charge < -0.3 is 5.32 Å². The van der Waals surface area contributed by atoms with E-state index in [0.717, 1.165) is 0 Å². The summed E-state index contributed by atoms with van der Waals surface area (Å²) < 4.78 is 65.4. The van der Waals surface area contributed by atoms with Crippen molar-refractivity contribution in [3.05, 3.63) is 65.2 Å². The lowest BCUT2D eigenvalue weighted by atomic mass is 9.90. The molecule has 1 aliphatic heterocycles. The smallest absolute Gasteiger partial charge is 0.338 e. The van der Waals surface area contributed by atoms with Crippen LogP contribution in [0.2, 0.25) is 5.02 Å². The number of alkyl halides is 3. The van der Waals surface area contributed by atoms with Crippen molar-refractivity contribution in [3.8, 4) is 11.3 Å². The van der Waals surface area contributed by atoms with Crippen LogP contribution in [-0.4, -0.2) is 42.5 Å². The van der Waals surface area contributed by atoms with Gasteiger partial charge in [-0.05, 0) is 31.0 Å². The molecule has 1 amide bonds. The predicted molar refractivity (Wildman–Crippen MR) is 116 cm³/mol. The van der Waals surface area contributed by atoms with Crippen LogP contribution in [-0.2, 0) is 9.84 Å². The summed E-state index contributed by atoms with van der Waals surface area (Å²) in [4.78, 5) is 17.7. The SMILES string of the molecule is O=C(NC1(C(F)(F)F)CCS(=O)(=O)CC1)c1cc(-c2ccccc2Cl)nc2ccccc12. The molecule has 32 heavy (non-hydrogen) atoms. The number of amides is 1. The summed E-state index contributed by atoms with van der Waals surface area (Å²) in [5.74, 6) is -2.24. The monoisotopic (exact) mass is 482 g/mol. The van der Waals surface area contributed by atoms with Crippen molar-refractivity contribution in [1.82, 2.24) is 10.3 Å². The van der Waals surface area contributed by atoms with Crippen LogP contribution in [0.25, 0.3) is 22.2 Å². The van der Waals surface area contributed by atoms with E-state index in [9.17, 15) is 26.4 Å². The summed E-state index contributed by atoms with van der Waals surface area (Å²) in [6.07, 6.45) is -6.27. The largest absolute Gasteiger partial charge is 0.411 e. The first kappa shape index (κ1) is 22.5. The van der Waals surface area contributed by atoms with Crippen molar-refractivity contribution in [2.45, 2.75) is 24.6 Å². The maximum Gasteiger partial charge on any atom is 0.411 e. The van der Waals surface area contributed by atoms with E-state index < -0.39 is 51.8 Å². The molecule has 5 nitrogen and oxygen atoms in total. The number of rotatable bonds is 3. The molecule has 0 spiro atoms. The second-order valence-electron chi connectivity index (χ2n) is 7.74. The van der Waals surface area contributed by atoms with Crippen molar-refractivity contribution in [1.29, 1.82) is 0 Å². The van der Waals surface area contributed by atoms with Crippen molar-refractivity contribution in [2.75, 3.05) is 11.5 Å². The van der Waals surface area contributed by atoms with Gasteiger partial charge >= 0.3 is 6.18 Å². The van der Waals surface area contributed by atoms with Crippen LogP contribution in [0, 0.1) is 0 Å². The number of sulfone groups is 1. The van der Waals surface area contributed by atoms with E-state index in [2.05, 4.69) is 10.3 Å². The number of nitrogens with one attached hydrogen (secondary N) is 1. The van der Waals surface area contributed by atoms with Crippen LogP contribution >= 0.6 is 11.6 Å². The van der Waals surface area contributed by atoms with Gasteiger partial charge in [0.05, 0.1) is 28.3 Å². The van der Waals surface area contributed by atoms with Crippen LogP contribution in [0.5, 0.6) is 0 Å². The maximum absolute atomic E-state index is 14.0. The Morgan fingerprint density at radius 1 is 1.03 bits per heavy atom. The number of hydrogen-bond acceptors (Lipinski definition) is 4. The lowest BCUT2D eigenvalue weighted by molar-refractivity contribution is -0.195. The van der Waals surface area contributed by atoms with Crippen molar-refractivity contribution >= 4 is 38.2 Å². The van der Waals surface area contributed by atoms with Gasteiger partial charge in [-0.15, -0.1) is 0 Å². The lowest BCUT2D eigenvalue weighted by Gasteiger charge is -2.39. The Hall–Kier alpha value is -2.65. The molecule has 0 atom stereocenters. The minimum Gasteiger partial charge on any atom is -0.338 e. The summed E-state index contributed by atoms with van der Waals surface area (Å²) in [7, 11) is -3.57. The highest BCUT2D eigenvalue weighted by molar-refractivity contribution is 7.91. The van der Waals surface area contributed by atoms with E-state index in [1.54, 1.807) is 48.5 Å². The molecule has 0 aliphatic carbocycles. The Morgan fingerprint density at radius 3 is 2.31 bits per heavy atom. The summed E-state index contributed by atoms with van der Waals surface area (Å²) >= 11 is 6.26. The minimum absolute atomic E-state index is 0.00238. The number of hydrogen-bond donors (Lipinski definition) is 1. The second kappa shape index (κ2) is 8.04. The number of carbonyl (C=O) groups excluding carboxylic acids is 1. The van der Waals surface area contributed by atoms with Gasteiger partial charge in [0.2, 0.25) is 0 Å². The van der Waals surface area contributed by atoms with Crippen LogP contribution < -0.4 is 5.32 Å². The molecule has 10 heteroatoms. The van der Waals surface area contributed by atoms with Crippen molar-refractivity contribution in [3.63, 3.8) is 0 Å². The van der Waals surface area contributed by atoms with Gasteiger partial charge in [0, 0.05) is 16.0 Å². The number of para-hydroxylation sites is 1. The number of halogens is 4. The van der Waals surface area contributed by atoms with E-state index in [-0.39, 0.29) is 5.56 Å². The predicted octanol–water partition coefficient (Wildman–Crippen LogP) is 4.79. The average molecular weight is 483 g/mol. The zero-order valence-corrected chi connectivity index (χ0v) is 18.2. The first-order valence-electron chi connectivity index (χ1n) is 9.76. The highest BCUT2D eigenvalue weighted by Crippen LogP contribution is 2.40. The number of fused-ring (bicyclic) bond motifs is 1. The number of carbonyl (C=O) groups is 1. The van der Waals surface area contributed by atoms with Crippen molar-refractivity contribution in [2.24, 2.45) is 0 Å². The Morgan fingerprint density at radius 2 is 1.66 bits per heavy atom. The van der Waals surface area contributed by atoms with E-state index >= 15 is 0 Å². The summed E-state index contributed by atoms with van der Waals surface area (Å²) in [6.45, 7) is 0. The fourth-order valence-corrected chi connectivity index (χ4v) is 5.58. The molecule has 168 valence electrons. The van der Waals surface area contributed by atoms with Gasteiger partial charge in [0.1, 0.15) is 5.54 Å². The average Bonchev–Trinajstić information content (AvgIpc) is 2.74. The van der Waals surface area contributed by atoms with Gasteiger partial charge in [0.25, 0.3) is 5.91 Å². The standard InChI is InChI=1S/C22H18ClF3N2O3S/c23-17-7-3-1-6-15(17)19-13-16(14-5-2-4-8-18(14)27-19)20(29)28-21(22(24,25)26)9-11-32(30,31)12-10-21/h1-8,13H,9-12H2,(H,28,29). The Bertz CT molecular complexity index is 1300. The molecule has 0 unspecified atom stereocenters. The maximum atomic E-state index is 14.0. The van der Waals surface area contributed by atoms with E-state index in [1.165, 1.54) is 6.07 Å². The van der Waals surface area contributed by atoms with Gasteiger partial charge in [-0.3, -0.25) is 4.79 Å². The zero-order chi connectivity index (χ0) is 23.1. The lowest BCUT2D eigenvalue weighted by Crippen LogP contribution is -2.62. The zero-order valence-electron chi connectivity index (χ0n) is 16.6. The van der Waals surface area contributed by atoms with Crippen molar-refractivity contribution < 1.29 is 26.4 Å². The highest BCUT2D eigenvalue weighted by atomic mass is 35.5. The molecule has 1 aliphatic rings. The number of nitrogens with zero attached hydrogens (tertiary/aromatic N) is 1. The Labute approximate surface area is 187 Å². The molecule has 1 saturated heterocycles. The van der Waals surface area contributed by atoms with Gasteiger partial charge in [0.15, 0.2) is 9.84 Å². The normalized spacial score (nSPS) is 17.8. The summed E-state index contributed by atoms with van der Waals surface area (Å²) in [6, 6.07) is 14.8. The topological polar surface area (TPSA) is 76.1 Å². The summed E-state index contributed by atoms with van der Waals surface area (Å²) in [5, 5.41) is 2.88. The molecule has 0 radical (unpaired) electrons. The molecule has 3 aromatic rings. The third-order valence-corrected chi connectivity index (χ3v) is 7.67. The number of aromatic nitrogens is 1. The minimum atomic E-state index is -4.81. The quantitative estimate of drug-likeness (QED) is 0.582. The highest BCUT2D eigenvalue weighted by Gasteiger charge is 2.57. The molecule has 2 heterocycles. The Kier molecular flexibility index (Phi) is 5.67. The first-order valence-corrected chi connectivity index (χ1v) is 12.0. The van der Waals surface area contributed by atoms with Crippen LogP contribution in [0.3, 0.4) is 0 Å².